The van der Waals surface area contributed by atoms with E-state index in [2.05, 4.69) is 0 Å². The van der Waals surface area contributed by atoms with Crippen LogP contribution in [0.25, 0.3) is 0 Å². The van der Waals surface area contributed by atoms with Gasteiger partial charge in [0.1, 0.15) is 0 Å². The molecule has 2 heteroatoms. The van der Waals surface area contributed by atoms with E-state index in [1.807, 2.05) is 7.11 Å². The Morgan fingerprint density at radius 1 is 1.71 bits per heavy atom. The Morgan fingerprint density at radius 2 is 2.57 bits per heavy atom. The summed E-state index contributed by atoms with van der Waals surface area (Å²) in [5, 5.41) is 0. The summed E-state index contributed by atoms with van der Waals surface area (Å²) in [7, 11) is 2.07. The summed E-state index contributed by atoms with van der Waals surface area (Å²) in [6.45, 7) is 0. The zero-order valence-electron chi connectivity index (χ0n) is 4.81. The van der Waals surface area contributed by atoms with Gasteiger partial charge in [0.2, 0.25) is 0 Å². The van der Waals surface area contributed by atoms with Crippen LogP contribution in [0.4, 0.5) is 0 Å². The summed E-state index contributed by atoms with van der Waals surface area (Å²) in [5.41, 5.74) is 0.736. The second-order valence-corrected chi connectivity index (χ2v) is 4.34. The molecule has 1 saturated heterocycles. The Kier molecular flexibility index (Phi) is 1.88. The van der Waals surface area contributed by atoms with Crippen molar-refractivity contribution in [3.05, 3.63) is 0 Å². The lowest BCUT2D eigenvalue weighted by Crippen LogP contribution is -2.10. The van der Waals surface area contributed by atoms with Crippen molar-refractivity contribution in [3.8, 4) is 0 Å². The Balaban J connectivity index is 2.14. The predicted octanol–water partition coefficient (Wildman–Crippen LogP) is 0.340. The lowest BCUT2D eigenvalue weighted by Gasteiger charge is -2.02. The molecule has 1 aliphatic rings. The SMILES string of the molecule is COC1CCC[SiH2]1. The molecule has 0 spiro atoms. The van der Waals surface area contributed by atoms with Crippen molar-refractivity contribution in [2.75, 3.05) is 7.11 Å². The van der Waals surface area contributed by atoms with Crippen LogP contribution in [-0.4, -0.2) is 22.4 Å². The van der Waals surface area contributed by atoms with Gasteiger partial charge in [-0.15, -0.1) is 0 Å². The number of ether oxygens (including phenoxy) is 1. The largest absolute Gasteiger partial charge is 0.386 e. The highest BCUT2D eigenvalue weighted by atomic mass is 28.2. The molecule has 7 heavy (non-hydrogen) atoms. The first-order valence-electron chi connectivity index (χ1n) is 2.96. The fourth-order valence-electron chi connectivity index (χ4n) is 1.12. The van der Waals surface area contributed by atoms with Gasteiger partial charge in [-0.25, -0.2) is 0 Å². The van der Waals surface area contributed by atoms with Gasteiger partial charge in [-0.3, -0.25) is 0 Å². The maximum Gasteiger partial charge on any atom is 0.0555 e. The van der Waals surface area contributed by atoms with Crippen molar-refractivity contribution < 1.29 is 4.74 Å². The molecule has 0 N–H and O–H groups in total. The van der Waals surface area contributed by atoms with Crippen molar-refractivity contribution in [2.24, 2.45) is 0 Å². The molecule has 1 nitrogen and oxygen atoms in total. The van der Waals surface area contributed by atoms with Crippen molar-refractivity contribution >= 4 is 9.52 Å². The monoisotopic (exact) mass is 116 g/mol. The summed E-state index contributed by atoms with van der Waals surface area (Å²) in [4.78, 5) is 0. The lowest BCUT2D eigenvalue weighted by atomic mass is 10.4. The van der Waals surface area contributed by atoms with Crippen LogP contribution in [0.15, 0.2) is 0 Å². The van der Waals surface area contributed by atoms with Crippen molar-refractivity contribution in [3.63, 3.8) is 0 Å². The minimum Gasteiger partial charge on any atom is -0.386 e. The molecule has 0 saturated carbocycles. The van der Waals surface area contributed by atoms with Gasteiger partial charge in [0.05, 0.1) is 9.52 Å². The smallest absolute Gasteiger partial charge is 0.0555 e. The Hall–Kier alpha value is 0.177. The zero-order valence-corrected chi connectivity index (χ0v) is 6.23. The van der Waals surface area contributed by atoms with Crippen LogP contribution in [0, 0.1) is 0 Å². The third-order valence-electron chi connectivity index (χ3n) is 1.64. The molecule has 1 unspecified atom stereocenters. The highest BCUT2D eigenvalue weighted by Gasteiger charge is 2.12. The van der Waals surface area contributed by atoms with Crippen LogP contribution in [0.1, 0.15) is 12.8 Å². The van der Waals surface area contributed by atoms with E-state index in [9.17, 15) is 0 Å². The summed E-state index contributed by atoms with van der Waals surface area (Å²) < 4.78 is 5.17. The summed E-state index contributed by atoms with van der Waals surface area (Å²) in [6.07, 6.45) is 2.79. The number of methoxy groups -OCH3 is 1. The van der Waals surface area contributed by atoms with Crippen LogP contribution in [-0.2, 0) is 4.74 Å². The van der Waals surface area contributed by atoms with E-state index in [0.29, 0.717) is 0 Å². The van der Waals surface area contributed by atoms with Crippen LogP contribution in [0.2, 0.25) is 6.04 Å². The maximum atomic E-state index is 5.17. The fourth-order valence-corrected chi connectivity index (χ4v) is 2.97. The second kappa shape index (κ2) is 2.48. The molecule has 1 aliphatic heterocycles. The van der Waals surface area contributed by atoms with Crippen molar-refractivity contribution in [1.29, 1.82) is 0 Å². The molecule has 1 heterocycles. The van der Waals surface area contributed by atoms with Crippen LogP contribution < -0.4 is 0 Å². The molecular formula is C5H12OSi. The highest BCUT2D eigenvalue weighted by Crippen LogP contribution is 2.12. The molecule has 1 fully saturated rings. The second-order valence-electron chi connectivity index (χ2n) is 2.14. The number of hydrogen-bond acceptors (Lipinski definition) is 1. The summed E-state index contributed by atoms with van der Waals surface area (Å²) in [5.74, 6) is 0. The minimum absolute atomic E-state index is 0.235. The molecule has 0 aliphatic carbocycles. The van der Waals surface area contributed by atoms with Gasteiger partial charge < -0.3 is 4.74 Å². The van der Waals surface area contributed by atoms with Gasteiger partial charge in [0.15, 0.2) is 0 Å². The highest BCUT2D eigenvalue weighted by molar-refractivity contribution is 6.38. The molecular weight excluding hydrogens is 104 g/mol. The first-order chi connectivity index (χ1) is 3.43. The van der Waals surface area contributed by atoms with Gasteiger partial charge in [-0.2, -0.15) is 0 Å². The zero-order chi connectivity index (χ0) is 5.11. The Morgan fingerprint density at radius 3 is 2.86 bits per heavy atom. The van der Waals surface area contributed by atoms with E-state index in [1.165, 1.54) is 18.9 Å². The topological polar surface area (TPSA) is 9.23 Å². The van der Waals surface area contributed by atoms with Gasteiger partial charge in [-0.05, 0) is 6.42 Å². The molecule has 0 aromatic carbocycles. The van der Waals surface area contributed by atoms with Gasteiger partial charge in [0.25, 0.3) is 0 Å². The average Bonchev–Trinajstić information content (AvgIpc) is 2.14. The number of rotatable bonds is 1. The van der Waals surface area contributed by atoms with E-state index in [-0.39, 0.29) is 9.52 Å². The van der Waals surface area contributed by atoms with Gasteiger partial charge in [0, 0.05) is 12.8 Å². The minimum atomic E-state index is 0.235. The molecule has 0 aromatic heterocycles. The van der Waals surface area contributed by atoms with E-state index in [4.69, 9.17) is 4.74 Å². The third-order valence-corrected chi connectivity index (χ3v) is 3.93. The summed E-state index contributed by atoms with van der Waals surface area (Å²) >= 11 is 0. The molecule has 1 atom stereocenters. The van der Waals surface area contributed by atoms with Crippen LogP contribution in [0.5, 0.6) is 0 Å². The van der Waals surface area contributed by atoms with Crippen LogP contribution in [0.3, 0.4) is 0 Å². The standard InChI is InChI=1S/C5H12OSi/c1-6-5-3-2-4-7-5/h5H,2-4,7H2,1H3. The molecule has 0 radical (unpaired) electrons. The molecule has 0 aromatic rings. The lowest BCUT2D eigenvalue weighted by molar-refractivity contribution is 0.163. The Bertz CT molecular complexity index is 50.0. The van der Waals surface area contributed by atoms with E-state index < -0.39 is 0 Å². The maximum absolute atomic E-state index is 5.17. The molecule has 0 bridgehead atoms. The van der Waals surface area contributed by atoms with Crippen molar-refractivity contribution in [2.45, 2.75) is 24.6 Å². The molecule has 42 valence electrons. The van der Waals surface area contributed by atoms with E-state index >= 15 is 0 Å². The van der Waals surface area contributed by atoms with Crippen molar-refractivity contribution in [1.82, 2.24) is 0 Å². The van der Waals surface area contributed by atoms with E-state index in [0.717, 1.165) is 5.73 Å². The molecule has 1 rings (SSSR count). The van der Waals surface area contributed by atoms with Crippen LogP contribution >= 0.6 is 0 Å². The first-order valence-corrected chi connectivity index (χ1v) is 4.78. The third kappa shape index (κ3) is 1.28. The number of hydrogen-bond donors (Lipinski definition) is 0. The fraction of sp³-hybridized carbons (Fsp3) is 1.00. The average molecular weight is 116 g/mol. The normalized spacial score (nSPS) is 34.7. The van der Waals surface area contributed by atoms with Gasteiger partial charge in [-0.1, -0.05) is 12.5 Å². The van der Waals surface area contributed by atoms with Gasteiger partial charge >= 0.3 is 0 Å². The predicted molar refractivity (Wildman–Crippen MR) is 33.4 cm³/mol. The van der Waals surface area contributed by atoms with E-state index in [1.54, 1.807) is 0 Å². The summed E-state index contributed by atoms with van der Waals surface area (Å²) in [6, 6.07) is 1.51. The molecule has 0 amide bonds. The Labute approximate surface area is 46.9 Å². The first kappa shape index (κ1) is 5.32. The quantitative estimate of drug-likeness (QED) is 0.449.